The Labute approximate surface area is 106 Å². The Kier molecular flexibility index (Phi) is 4.12. The minimum Gasteiger partial charge on any atom is -0.444 e. The van der Waals surface area contributed by atoms with E-state index >= 15 is 0 Å². The lowest BCUT2D eigenvalue weighted by atomic mass is 10.2. The molecule has 0 fully saturated rings. The van der Waals surface area contributed by atoms with Gasteiger partial charge in [0.2, 0.25) is 0 Å². The third-order valence-corrected chi connectivity index (χ3v) is 2.93. The zero-order chi connectivity index (χ0) is 13.1. The Morgan fingerprint density at radius 3 is 2.53 bits per heavy atom. The zero-order valence-corrected chi connectivity index (χ0v) is 11.2. The SMILES string of the molecule is C=Cc1cc(NC(=O)OC(C)(C)C)c(C=C)s1. The van der Waals surface area contributed by atoms with Crippen LogP contribution in [0.15, 0.2) is 19.2 Å². The van der Waals surface area contributed by atoms with Gasteiger partial charge in [0.1, 0.15) is 5.60 Å². The number of thiophene rings is 1. The number of nitrogens with one attached hydrogen (secondary N) is 1. The first kappa shape index (κ1) is 13.5. The highest BCUT2D eigenvalue weighted by atomic mass is 32.1. The van der Waals surface area contributed by atoms with Gasteiger partial charge in [0.15, 0.2) is 0 Å². The van der Waals surface area contributed by atoms with Gasteiger partial charge in [0, 0.05) is 4.88 Å². The molecular weight excluding hydrogens is 234 g/mol. The van der Waals surface area contributed by atoms with Crippen LogP contribution in [0.3, 0.4) is 0 Å². The molecule has 0 spiro atoms. The smallest absolute Gasteiger partial charge is 0.412 e. The molecule has 3 nitrogen and oxygen atoms in total. The molecule has 1 heterocycles. The molecule has 92 valence electrons. The lowest BCUT2D eigenvalue weighted by molar-refractivity contribution is 0.0636. The van der Waals surface area contributed by atoms with Gasteiger partial charge >= 0.3 is 6.09 Å². The lowest BCUT2D eigenvalue weighted by Gasteiger charge is -2.19. The molecule has 0 saturated carbocycles. The molecular formula is C13H17NO2S. The van der Waals surface area contributed by atoms with Crippen LogP contribution in [-0.2, 0) is 4.74 Å². The van der Waals surface area contributed by atoms with Gasteiger partial charge in [-0.05, 0) is 26.8 Å². The molecule has 0 saturated heterocycles. The van der Waals surface area contributed by atoms with E-state index in [1.165, 1.54) is 11.3 Å². The van der Waals surface area contributed by atoms with E-state index in [0.717, 1.165) is 9.75 Å². The van der Waals surface area contributed by atoms with E-state index in [1.54, 1.807) is 12.2 Å². The second-order valence-corrected chi connectivity index (χ2v) is 5.58. The molecule has 0 aliphatic carbocycles. The molecule has 0 aliphatic rings. The minimum atomic E-state index is -0.504. The van der Waals surface area contributed by atoms with Crippen molar-refractivity contribution >= 4 is 35.3 Å². The van der Waals surface area contributed by atoms with Crippen molar-refractivity contribution < 1.29 is 9.53 Å². The highest BCUT2D eigenvalue weighted by Gasteiger charge is 2.17. The van der Waals surface area contributed by atoms with Crippen LogP contribution in [0.4, 0.5) is 10.5 Å². The number of hydrogen-bond acceptors (Lipinski definition) is 3. The Bertz CT molecular complexity index is 441. The van der Waals surface area contributed by atoms with E-state index in [2.05, 4.69) is 18.5 Å². The fourth-order valence-corrected chi connectivity index (χ4v) is 2.01. The number of carbonyl (C=O) groups excluding carboxylic acids is 1. The van der Waals surface area contributed by atoms with E-state index in [0.29, 0.717) is 5.69 Å². The van der Waals surface area contributed by atoms with Crippen LogP contribution in [0.25, 0.3) is 12.2 Å². The summed E-state index contributed by atoms with van der Waals surface area (Å²) in [5, 5.41) is 2.70. The minimum absolute atomic E-state index is 0.464. The molecule has 1 aromatic heterocycles. The number of amides is 1. The summed E-state index contributed by atoms with van der Waals surface area (Å²) in [4.78, 5) is 13.5. The first-order valence-corrected chi connectivity index (χ1v) is 6.06. The zero-order valence-electron chi connectivity index (χ0n) is 10.4. The topological polar surface area (TPSA) is 38.3 Å². The van der Waals surface area contributed by atoms with Crippen molar-refractivity contribution in [2.24, 2.45) is 0 Å². The Morgan fingerprint density at radius 2 is 2.06 bits per heavy atom. The van der Waals surface area contributed by atoms with Crippen molar-refractivity contribution in [2.45, 2.75) is 26.4 Å². The van der Waals surface area contributed by atoms with Crippen molar-refractivity contribution in [1.29, 1.82) is 0 Å². The van der Waals surface area contributed by atoms with Gasteiger partial charge in [0.25, 0.3) is 0 Å². The van der Waals surface area contributed by atoms with Gasteiger partial charge in [-0.2, -0.15) is 0 Å². The highest BCUT2D eigenvalue weighted by Crippen LogP contribution is 2.29. The molecule has 1 aromatic rings. The van der Waals surface area contributed by atoms with Crippen molar-refractivity contribution in [2.75, 3.05) is 5.32 Å². The van der Waals surface area contributed by atoms with Crippen molar-refractivity contribution in [3.05, 3.63) is 29.0 Å². The van der Waals surface area contributed by atoms with E-state index in [4.69, 9.17) is 4.74 Å². The molecule has 0 bridgehead atoms. The van der Waals surface area contributed by atoms with Crippen LogP contribution in [0.1, 0.15) is 30.5 Å². The first-order valence-electron chi connectivity index (χ1n) is 5.24. The van der Waals surface area contributed by atoms with Gasteiger partial charge in [-0.1, -0.05) is 25.3 Å². The van der Waals surface area contributed by atoms with Crippen LogP contribution in [0.2, 0.25) is 0 Å². The van der Waals surface area contributed by atoms with E-state index < -0.39 is 11.7 Å². The number of anilines is 1. The van der Waals surface area contributed by atoms with Crippen LogP contribution in [-0.4, -0.2) is 11.7 Å². The predicted octanol–water partition coefficient (Wildman–Crippen LogP) is 4.38. The summed E-state index contributed by atoms with van der Waals surface area (Å²) >= 11 is 1.51. The standard InChI is InChI=1S/C13H17NO2S/c1-6-9-8-10(11(7-2)17-9)14-12(15)16-13(3,4)5/h6-8H,1-2H2,3-5H3,(H,14,15). The molecule has 0 radical (unpaired) electrons. The second-order valence-electron chi connectivity index (χ2n) is 4.46. The third kappa shape index (κ3) is 4.07. The summed E-state index contributed by atoms with van der Waals surface area (Å²) in [7, 11) is 0. The molecule has 17 heavy (non-hydrogen) atoms. The van der Waals surface area contributed by atoms with Crippen LogP contribution < -0.4 is 5.32 Å². The predicted molar refractivity (Wildman–Crippen MR) is 74.4 cm³/mol. The largest absolute Gasteiger partial charge is 0.444 e. The second kappa shape index (κ2) is 5.19. The molecule has 0 unspecified atom stereocenters. The summed E-state index contributed by atoms with van der Waals surface area (Å²) in [5.41, 5.74) is 0.199. The van der Waals surface area contributed by atoms with Crippen molar-refractivity contribution in [3.8, 4) is 0 Å². The van der Waals surface area contributed by atoms with Crippen molar-refractivity contribution in [3.63, 3.8) is 0 Å². The fourth-order valence-electron chi connectivity index (χ4n) is 1.19. The quantitative estimate of drug-likeness (QED) is 0.865. The van der Waals surface area contributed by atoms with E-state index in [1.807, 2.05) is 26.8 Å². The molecule has 0 aromatic carbocycles. The first-order chi connectivity index (χ1) is 7.85. The number of hydrogen-bond donors (Lipinski definition) is 1. The molecule has 0 atom stereocenters. The van der Waals surface area contributed by atoms with Crippen molar-refractivity contribution in [1.82, 2.24) is 0 Å². The van der Waals surface area contributed by atoms with Gasteiger partial charge < -0.3 is 4.74 Å². The van der Waals surface area contributed by atoms with Crippen LogP contribution in [0, 0.1) is 0 Å². The number of ether oxygens (including phenoxy) is 1. The maximum absolute atomic E-state index is 11.6. The summed E-state index contributed by atoms with van der Waals surface area (Å²) in [6.45, 7) is 12.9. The number of rotatable bonds is 3. The average Bonchev–Trinajstić information content (AvgIpc) is 2.57. The molecule has 1 rings (SSSR count). The molecule has 4 heteroatoms. The Morgan fingerprint density at radius 1 is 1.41 bits per heavy atom. The average molecular weight is 251 g/mol. The monoisotopic (exact) mass is 251 g/mol. The molecule has 1 amide bonds. The van der Waals surface area contributed by atoms with Gasteiger partial charge in [-0.3, -0.25) is 5.32 Å². The normalized spacial score (nSPS) is 10.8. The van der Waals surface area contributed by atoms with Gasteiger partial charge in [0.05, 0.1) is 10.6 Å². The molecule has 0 aliphatic heterocycles. The fraction of sp³-hybridized carbons (Fsp3) is 0.308. The van der Waals surface area contributed by atoms with E-state index in [-0.39, 0.29) is 0 Å². The summed E-state index contributed by atoms with van der Waals surface area (Å²) in [6, 6.07) is 1.85. The summed E-state index contributed by atoms with van der Waals surface area (Å²) < 4.78 is 5.18. The van der Waals surface area contributed by atoms with Crippen LogP contribution in [0.5, 0.6) is 0 Å². The molecule has 1 N–H and O–H groups in total. The third-order valence-electron chi connectivity index (χ3n) is 1.80. The van der Waals surface area contributed by atoms with Crippen LogP contribution >= 0.6 is 11.3 Å². The van der Waals surface area contributed by atoms with Gasteiger partial charge in [-0.25, -0.2) is 4.79 Å². The maximum atomic E-state index is 11.6. The summed E-state index contributed by atoms with van der Waals surface area (Å²) in [6.07, 6.45) is 2.97. The summed E-state index contributed by atoms with van der Waals surface area (Å²) in [5.74, 6) is 0. The van der Waals surface area contributed by atoms with Gasteiger partial charge in [-0.15, -0.1) is 11.3 Å². The Hall–Kier alpha value is -1.55. The number of carbonyl (C=O) groups is 1. The highest BCUT2D eigenvalue weighted by molar-refractivity contribution is 7.14. The lowest BCUT2D eigenvalue weighted by Crippen LogP contribution is -2.27. The Balaban J connectivity index is 2.80. The van der Waals surface area contributed by atoms with E-state index in [9.17, 15) is 4.79 Å². The maximum Gasteiger partial charge on any atom is 0.412 e.